The summed E-state index contributed by atoms with van der Waals surface area (Å²) in [7, 11) is 1.84. The third-order valence-electron chi connectivity index (χ3n) is 7.11. The van der Waals surface area contributed by atoms with Gasteiger partial charge in [-0.05, 0) is 57.6 Å². The predicted molar refractivity (Wildman–Crippen MR) is 146 cm³/mol. The minimum Gasteiger partial charge on any atom is -0.384 e. The lowest BCUT2D eigenvalue weighted by Crippen LogP contribution is -2.46. The van der Waals surface area contributed by atoms with Crippen LogP contribution in [0.4, 0.5) is 23.2 Å². The van der Waals surface area contributed by atoms with Crippen LogP contribution >= 0.6 is 0 Å². The van der Waals surface area contributed by atoms with E-state index in [0.717, 1.165) is 4.57 Å². The molecule has 14 heteroatoms. The number of halogens is 4. The molecule has 1 saturated heterocycles. The van der Waals surface area contributed by atoms with Crippen molar-refractivity contribution in [3.63, 3.8) is 0 Å². The zero-order valence-electron chi connectivity index (χ0n) is 23.2. The molecule has 3 N–H and O–H groups in total. The number of fused-ring (bicyclic) bond motifs is 1. The van der Waals surface area contributed by atoms with Crippen LogP contribution in [0.5, 0.6) is 0 Å². The summed E-state index contributed by atoms with van der Waals surface area (Å²) in [6.07, 6.45) is -3.74. The summed E-state index contributed by atoms with van der Waals surface area (Å²) >= 11 is 0. The summed E-state index contributed by atoms with van der Waals surface area (Å²) in [5, 5.41) is 20.3. The monoisotopic (exact) mass is 589 g/mol. The number of piperidine rings is 1. The van der Waals surface area contributed by atoms with Crippen LogP contribution in [-0.4, -0.2) is 74.1 Å². The van der Waals surface area contributed by atoms with E-state index >= 15 is 0 Å². The summed E-state index contributed by atoms with van der Waals surface area (Å²) < 4.78 is 62.0. The number of amides is 1. The molecule has 1 amide bonds. The van der Waals surface area contributed by atoms with Gasteiger partial charge in [0.15, 0.2) is 0 Å². The van der Waals surface area contributed by atoms with Crippen molar-refractivity contribution in [1.29, 1.82) is 0 Å². The number of pyridine rings is 1. The second-order valence-corrected chi connectivity index (χ2v) is 11.0. The summed E-state index contributed by atoms with van der Waals surface area (Å²) in [6, 6.07) is 8.83. The molecular weight excluding hydrogens is 558 g/mol. The van der Waals surface area contributed by atoms with Crippen molar-refractivity contribution < 1.29 is 32.0 Å². The molecule has 10 nitrogen and oxygen atoms in total. The number of aliphatic hydroxyl groups is 1. The number of rotatable bonds is 8. The Kier molecular flexibility index (Phi) is 7.94. The van der Waals surface area contributed by atoms with Gasteiger partial charge in [-0.3, -0.25) is 9.78 Å². The highest BCUT2D eigenvalue weighted by molar-refractivity contribution is 5.96. The molecule has 1 aromatic carbocycles. The molecule has 1 fully saturated rings. The van der Waals surface area contributed by atoms with E-state index in [-0.39, 0.29) is 41.6 Å². The van der Waals surface area contributed by atoms with Crippen LogP contribution in [0.1, 0.15) is 42.2 Å². The van der Waals surface area contributed by atoms with E-state index in [1.807, 2.05) is 11.9 Å². The molecule has 0 saturated carbocycles. The van der Waals surface area contributed by atoms with Crippen LogP contribution in [0, 0.1) is 0 Å². The van der Waals surface area contributed by atoms with Gasteiger partial charge in [0.2, 0.25) is 11.7 Å². The predicted octanol–water partition coefficient (Wildman–Crippen LogP) is 4.26. The van der Waals surface area contributed by atoms with Crippen molar-refractivity contribution in [2.24, 2.45) is 0 Å². The Morgan fingerprint density at radius 1 is 1.21 bits per heavy atom. The van der Waals surface area contributed by atoms with Gasteiger partial charge in [-0.15, -0.1) is 0 Å². The van der Waals surface area contributed by atoms with Gasteiger partial charge in [0, 0.05) is 35.9 Å². The molecule has 224 valence electrons. The largest absolute Gasteiger partial charge is 0.406 e. The van der Waals surface area contributed by atoms with Crippen molar-refractivity contribution in [2.45, 2.75) is 57.3 Å². The first-order valence-electron chi connectivity index (χ1n) is 13.4. The molecule has 4 heterocycles. The Labute approximate surface area is 238 Å². The first kappa shape index (κ1) is 29.5. The standard InChI is InChI=1S/C28H31F4N7O3/c1-27(2,41)23-11-16(7-9-33-23)26(40)34-13-24-36-25(37-42-24)22-12-17-19(35-20-8-10-38(3)14-18(20)29)5-4-6-21(17)39(22)15-28(30,31)32/h4-7,9,11-12,18,20,35,41H,8,10,13-15H2,1-3H3,(H,34,40)/t18-,20+/m0/s1. The first-order chi connectivity index (χ1) is 19.8. The van der Waals surface area contributed by atoms with Crippen molar-refractivity contribution in [3.8, 4) is 11.5 Å². The molecule has 0 bridgehead atoms. The number of likely N-dealkylation sites (tertiary alicyclic amines) is 1. The quantitative estimate of drug-likeness (QED) is 0.261. The molecular formula is C28H31F4N7O3. The molecule has 4 aromatic rings. The van der Waals surface area contributed by atoms with Crippen molar-refractivity contribution >= 4 is 22.5 Å². The van der Waals surface area contributed by atoms with Crippen molar-refractivity contribution in [1.82, 2.24) is 29.9 Å². The fraction of sp³-hybridized carbons (Fsp3) is 0.429. The lowest BCUT2D eigenvalue weighted by molar-refractivity contribution is -0.139. The Morgan fingerprint density at radius 3 is 2.71 bits per heavy atom. The van der Waals surface area contributed by atoms with E-state index in [1.165, 1.54) is 24.4 Å². The zero-order chi connectivity index (χ0) is 30.2. The third kappa shape index (κ3) is 6.54. The topological polar surface area (TPSA) is 121 Å². The Balaban J connectivity index is 1.40. The van der Waals surface area contributed by atoms with Gasteiger partial charge in [-0.2, -0.15) is 18.2 Å². The maximum absolute atomic E-state index is 14.7. The molecule has 3 aromatic heterocycles. The SMILES string of the molecule is CN1CC[C@@H](Nc2cccc3c2cc(-c2noc(CNC(=O)c4ccnc(C(C)(C)O)c4)n2)n3CC(F)(F)F)[C@@H](F)C1. The van der Waals surface area contributed by atoms with Gasteiger partial charge in [-0.1, -0.05) is 11.2 Å². The van der Waals surface area contributed by atoms with Crippen molar-refractivity contribution in [2.75, 3.05) is 25.5 Å². The van der Waals surface area contributed by atoms with Gasteiger partial charge in [0.1, 0.15) is 18.3 Å². The number of nitrogens with one attached hydrogen (secondary N) is 2. The van der Waals surface area contributed by atoms with Gasteiger partial charge in [0.25, 0.3) is 5.91 Å². The van der Waals surface area contributed by atoms with E-state index in [9.17, 15) is 27.5 Å². The van der Waals surface area contributed by atoms with Crippen LogP contribution in [0.25, 0.3) is 22.4 Å². The summed E-state index contributed by atoms with van der Waals surface area (Å²) in [4.78, 5) is 22.9. The molecule has 0 radical (unpaired) electrons. The van der Waals surface area contributed by atoms with Crippen LogP contribution in [0.3, 0.4) is 0 Å². The number of benzene rings is 1. The molecule has 1 aliphatic heterocycles. The van der Waals surface area contributed by atoms with E-state index < -0.39 is 36.4 Å². The van der Waals surface area contributed by atoms with Gasteiger partial charge < -0.3 is 29.7 Å². The number of carbonyl (C=O) groups excluding carboxylic acids is 1. The summed E-state index contributed by atoms with van der Waals surface area (Å²) in [6.45, 7) is 2.55. The van der Waals surface area contributed by atoms with Gasteiger partial charge in [-0.25, -0.2) is 4.39 Å². The molecule has 0 unspecified atom stereocenters. The van der Waals surface area contributed by atoms with Crippen LogP contribution in [0.2, 0.25) is 0 Å². The Morgan fingerprint density at radius 2 is 2.00 bits per heavy atom. The fourth-order valence-electron chi connectivity index (χ4n) is 4.96. The van der Waals surface area contributed by atoms with Crippen LogP contribution in [-0.2, 0) is 18.7 Å². The molecule has 2 atom stereocenters. The molecule has 5 rings (SSSR count). The highest BCUT2D eigenvalue weighted by atomic mass is 19.4. The molecule has 42 heavy (non-hydrogen) atoms. The second kappa shape index (κ2) is 11.3. The maximum Gasteiger partial charge on any atom is 0.406 e. The van der Waals surface area contributed by atoms with E-state index in [0.29, 0.717) is 29.7 Å². The lowest BCUT2D eigenvalue weighted by atomic mass is 10.0. The number of alkyl halides is 4. The molecule has 1 aliphatic rings. The number of aromatic nitrogens is 4. The summed E-state index contributed by atoms with van der Waals surface area (Å²) in [5.74, 6) is -0.616. The van der Waals surface area contributed by atoms with E-state index in [1.54, 1.807) is 32.0 Å². The lowest BCUT2D eigenvalue weighted by Gasteiger charge is -2.33. The van der Waals surface area contributed by atoms with Gasteiger partial charge >= 0.3 is 6.18 Å². The molecule has 0 aliphatic carbocycles. The maximum atomic E-state index is 14.7. The molecule has 0 spiro atoms. The Bertz CT molecular complexity index is 1580. The third-order valence-corrected chi connectivity index (χ3v) is 7.11. The minimum absolute atomic E-state index is 0.0242. The highest BCUT2D eigenvalue weighted by Crippen LogP contribution is 2.35. The summed E-state index contributed by atoms with van der Waals surface area (Å²) in [5.41, 5.74) is 0.137. The zero-order valence-corrected chi connectivity index (χ0v) is 23.2. The van der Waals surface area contributed by atoms with E-state index in [2.05, 4.69) is 25.8 Å². The second-order valence-electron chi connectivity index (χ2n) is 11.0. The number of hydrogen-bond donors (Lipinski definition) is 3. The average molecular weight is 590 g/mol. The van der Waals surface area contributed by atoms with Gasteiger partial charge in [0.05, 0.1) is 29.5 Å². The number of anilines is 1. The fourth-order valence-corrected chi connectivity index (χ4v) is 4.96. The van der Waals surface area contributed by atoms with Crippen LogP contribution in [0.15, 0.2) is 47.1 Å². The van der Waals surface area contributed by atoms with Crippen LogP contribution < -0.4 is 10.6 Å². The number of carbonyl (C=O) groups is 1. The number of nitrogens with zero attached hydrogens (tertiary/aromatic N) is 5. The van der Waals surface area contributed by atoms with Crippen molar-refractivity contribution in [3.05, 3.63) is 59.7 Å². The minimum atomic E-state index is -4.55. The Hall–Kier alpha value is -4.04. The normalized spacial score (nSPS) is 18.4. The highest BCUT2D eigenvalue weighted by Gasteiger charge is 2.32. The van der Waals surface area contributed by atoms with E-state index in [4.69, 9.17) is 4.52 Å². The average Bonchev–Trinajstić information content (AvgIpc) is 3.53. The first-order valence-corrected chi connectivity index (χ1v) is 13.4. The number of hydrogen-bond acceptors (Lipinski definition) is 8. The smallest absolute Gasteiger partial charge is 0.384 e.